The quantitative estimate of drug-likeness (QED) is 0.939. The highest BCUT2D eigenvalue weighted by Gasteiger charge is 2.14. The summed E-state index contributed by atoms with van der Waals surface area (Å²) >= 11 is 3.28. The molecule has 0 aliphatic rings. The Labute approximate surface area is 112 Å². The van der Waals surface area contributed by atoms with Gasteiger partial charge in [0.1, 0.15) is 18.1 Å². The molecule has 2 heterocycles. The normalized spacial score (nSPS) is 10.3. The summed E-state index contributed by atoms with van der Waals surface area (Å²) in [6.45, 7) is 1.84. The molecule has 0 spiro atoms. The Bertz CT molecular complexity index is 579. The lowest BCUT2D eigenvalue weighted by molar-refractivity contribution is 0.0657. The number of carboxylic acid groups (broad SMARTS) is 1. The number of aromatic carboxylic acids is 1. The maximum absolute atomic E-state index is 10.8. The molecule has 0 saturated carbocycles. The maximum Gasteiger partial charge on any atom is 0.372 e. The van der Waals surface area contributed by atoms with Gasteiger partial charge in [0.25, 0.3) is 0 Å². The van der Waals surface area contributed by atoms with Crippen molar-refractivity contribution in [1.29, 1.82) is 0 Å². The first kappa shape index (κ1) is 12.6. The van der Waals surface area contributed by atoms with E-state index in [1.165, 1.54) is 0 Å². The number of aryl methyl sites for hydroxylation is 1. The predicted octanol–water partition coefficient (Wildman–Crippen LogP) is 3.02. The van der Waals surface area contributed by atoms with Crippen LogP contribution in [0.1, 0.15) is 21.9 Å². The van der Waals surface area contributed by atoms with Crippen molar-refractivity contribution in [1.82, 2.24) is 4.98 Å². The standard InChI is InChI=1S/C12H10BrNO4/c1-7-2-10(18-11(7)12(15)16)6-17-9-3-8(13)4-14-5-9/h2-5H,6H2,1H3,(H,15,16). The number of hydrogen-bond donors (Lipinski definition) is 1. The molecule has 0 amide bonds. The molecule has 0 aliphatic heterocycles. The van der Waals surface area contributed by atoms with Gasteiger partial charge in [-0.3, -0.25) is 4.98 Å². The lowest BCUT2D eigenvalue weighted by Crippen LogP contribution is -1.96. The van der Waals surface area contributed by atoms with E-state index >= 15 is 0 Å². The zero-order valence-electron chi connectivity index (χ0n) is 9.51. The molecule has 0 aromatic carbocycles. The molecular weight excluding hydrogens is 302 g/mol. The van der Waals surface area contributed by atoms with Crippen LogP contribution in [0, 0.1) is 6.92 Å². The first-order chi connectivity index (χ1) is 8.56. The Hall–Kier alpha value is -1.82. The zero-order chi connectivity index (χ0) is 13.1. The van der Waals surface area contributed by atoms with Crippen LogP contribution in [0.25, 0.3) is 0 Å². The third-order valence-corrected chi connectivity index (χ3v) is 2.66. The molecule has 0 aliphatic carbocycles. The first-order valence-electron chi connectivity index (χ1n) is 5.12. The number of carbonyl (C=O) groups is 1. The van der Waals surface area contributed by atoms with Crippen molar-refractivity contribution in [2.45, 2.75) is 13.5 Å². The number of aromatic nitrogens is 1. The van der Waals surface area contributed by atoms with Gasteiger partial charge in [-0.2, -0.15) is 0 Å². The van der Waals surface area contributed by atoms with E-state index in [-0.39, 0.29) is 12.4 Å². The molecule has 2 aromatic rings. The Morgan fingerprint density at radius 1 is 1.50 bits per heavy atom. The fourth-order valence-electron chi connectivity index (χ4n) is 1.46. The van der Waals surface area contributed by atoms with Gasteiger partial charge in [-0.15, -0.1) is 0 Å². The van der Waals surface area contributed by atoms with E-state index in [0.29, 0.717) is 17.1 Å². The minimum Gasteiger partial charge on any atom is -0.484 e. The second kappa shape index (κ2) is 5.22. The van der Waals surface area contributed by atoms with Crippen LogP contribution in [-0.2, 0) is 6.61 Å². The SMILES string of the molecule is Cc1cc(COc2cncc(Br)c2)oc1C(=O)O. The van der Waals surface area contributed by atoms with E-state index < -0.39 is 5.97 Å². The van der Waals surface area contributed by atoms with Gasteiger partial charge >= 0.3 is 5.97 Å². The second-order valence-corrected chi connectivity index (χ2v) is 4.57. The van der Waals surface area contributed by atoms with Crippen molar-refractivity contribution in [2.24, 2.45) is 0 Å². The van der Waals surface area contributed by atoms with Crippen LogP contribution in [0.15, 0.2) is 33.4 Å². The van der Waals surface area contributed by atoms with Crippen molar-refractivity contribution >= 4 is 21.9 Å². The number of pyridine rings is 1. The molecule has 6 heteroatoms. The van der Waals surface area contributed by atoms with Crippen LogP contribution >= 0.6 is 15.9 Å². The molecule has 5 nitrogen and oxygen atoms in total. The van der Waals surface area contributed by atoms with Crippen LogP contribution in [0.3, 0.4) is 0 Å². The lowest BCUT2D eigenvalue weighted by atomic mass is 10.3. The van der Waals surface area contributed by atoms with E-state index in [1.807, 2.05) is 0 Å². The van der Waals surface area contributed by atoms with E-state index in [2.05, 4.69) is 20.9 Å². The summed E-state index contributed by atoms with van der Waals surface area (Å²) in [6.07, 6.45) is 3.21. The third-order valence-electron chi connectivity index (χ3n) is 2.22. The minimum atomic E-state index is -1.08. The minimum absolute atomic E-state index is 0.0547. The second-order valence-electron chi connectivity index (χ2n) is 3.66. The fraction of sp³-hybridized carbons (Fsp3) is 0.167. The summed E-state index contributed by atoms with van der Waals surface area (Å²) in [4.78, 5) is 14.8. The molecule has 1 N–H and O–H groups in total. The monoisotopic (exact) mass is 311 g/mol. The topological polar surface area (TPSA) is 72.6 Å². The van der Waals surface area contributed by atoms with Crippen LogP contribution in [0.5, 0.6) is 5.75 Å². The average molecular weight is 312 g/mol. The van der Waals surface area contributed by atoms with E-state index in [9.17, 15) is 4.79 Å². The predicted molar refractivity (Wildman–Crippen MR) is 66.7 cm³/mol. The molecular formula is C12H10BrNO4. The number of ether oxygens (including phenoxy) is 1. The van der Waals surface area contributed by atoms with Crippen molar-refractivity contribution in [3.63, 3.8) is 0 Å². The Morgan fingerprint density at radius 2 is 2.28 bits per heavy atom. The highest BCUT2D eigenvalue weighted by atomic mass is 79.9. The Balaban J connectivity index is 2.06. The van der Waals surface area contributed by atoms with Gasteiger partial charge in [0.05, 0.1) is 6.20 Å². The van der Waals surface area contributed by atoms with Crippen LogP contribution in [-0.4, -0.2) is 16.1 Å². The molecule has 2 rings (SSSR count). The summed E-state index contributed by atoms with van der Waals surface area (Å²) in [5.41, 5.74) is 0.577. The van der Waals surface area contributed by atoms with Gasteiger partial charge in [0.2, 0.25) is 5.76 Å². The van der Waals surface area contributed by atoms with Crippen molar-refractivity contribution in [3.05, 3.63) is 46.1 Å². The van der Waals surface area contributed by atoms with Gasteiger partial charge in [-0.1, -0.05) is 0 Å². The van der Waals surface area contributed by atoms with Gasteiger partial charge in [-0.25, -0.2) is 4.79 Å². The molecule has 0 bridgehead atoms. The van der Waals surface area contributed by atoms with Gasteiger partial charge < -0.3 is 14.3 Å². The Morgan fingerprint density at radius 3 is 2.89 bits per heavy atom. The molecule has 0 radical (unpaired) electrons. The summed E-state index contributed by atoms with van der Waals surface area (Å²) in [6, 6.07) is 3.41. The lowest BCUT2D eigenvalue weighted by Gasteiger charge is -2.03. The van der Waals surface area contributed by atoms with E-state index in [1.54, 1.807) is 31.5 Å². The molecule has 94 valence electrons. The van der Waals surface area contributed by atoms with E-state index in [4.69, 9.17) is 14.3 Å². The maximum atomic E-state index is 10.8. The fourth-order valence-corrected chi connectivity index (χ4v) is 1.80. The van der Waals surface area contributed by atoms with Gasteiger partial charge in [0, 0.05) is 16.2 Å². The van der Waals surface area contributed by atoms with Gasteiger partial charge in [-0.05, 0) is 35.0 Å². The molecule has 0 atom stereocenters. The Kier molecular flexibility index (Phi) is 3.66. The molecule has 0 unspecified atom stereocenters. The largest absolute Gasteiger partial charge is 0.484 e. The smallest absolute Gasteiger partial charge is 0.372 e. The number of hydrogen-bond acceptors (Lipinski definition) is 4. The molecule has 18 heavy (non-hydrogen) atoms. The number of carboxylic acids is 1. The zero-order valence-corrected chi connectivity index (χ0v) is 11.1. The molecule has 2 aromatic heterocycles. The summed E-state index contributed by atoms with van der Waals surface area (Å²) in [5, 5.41) is 8.85. The van der Waals surface area contributed by atoms with Crippen molar-refractivity contribution in [2.75, 3.05) is 0 Å². The number of rotatable bonds is 4. The highest BCUT2D eigenvalue weighted by Crippen LogP contribution is 2.19. The summed E-state index contributed by atoms with van der Waals surface area (Å²) in [5.74, 6) is -0.0935. The average Bonchev–Trinajstić information content (AvgIpc) is 2.68. The van der Waals surface area contributed by atoms with Crippen LogP contribution in [0.2, 0.25) is 0 Å². The number of halogens is 1. The summed E-state index contributed by atoms with van der Waals surface area (Å²) < 4.78 is 11.4. The van der Waals surface area contributed by atoms with Gasteiger partial charge in [0.15, 0.2) is 0 Å². The number of nitrogens with zero attached hydrogens (tertiary/aromatic N) is 1. The van der Waals surface area contributed by atoms with Crippen LogP contribution < -0.4 is 4.74 Å². The van der Waals surface area contributed by atoms with Crippen molar-refractivity contribution in [3.8, 4) is 5.75 Å². The number of furan rings is 1. The third kappa shape index (κ3) is 2.89. The first-order valence-corrected chi connectivity index (χ1v) is 5.91. The summed E-state index contributed by atoms with van der Waals surface area (Å²) in [7, 11) is 0. The highest BCUT2D eigenvalue weighted by molar-refractivity contribution is 9.10. The van der Waals surface area contributed by atoms with Crippen molar-refractivity contribution < 1.29 is 19.1 Å². The molecule has 0 saturated heterocycles. The van der Waals surface area contributed by atoms with E-state index in [0.717, 1.165) is 4.47 Å². The van der Waals surface area contributed by atoms with Crippen LogP contribution in [0.4, 0.5) is 0 Å². The molecule has 0 fully saturated rings.